The van der Waals surface area contributed by atoms with Gasteiger partial charge in [-0.1, -0.05) is 48.0 Å². The Bertz CT molecular complexity index is 1210. The number of furan rings is 1. The Morgan fingerprint density at radius 3 is 2.61 bits per heavy atom. The van der Waals surface area contributed by atoms with E-state index < -0.39 is 10.8 Å². The number of carbonyl (C=O) groups is 1. The van der Waals surface area contributed by atoms with Crippen molar-refractivity contribution in [3.8, 4) is 11.3 Å². The molecule has 4 aromatic rings. The molecule has 0 aliphatic rings. The number of carbonyl (C=O) groups excluding carboxylic acids is 1. The fraction of sp³-hybridized carbons (Fsp3) is 0. The van der Waals surface area contributed by atoms with Gasteiger partial charge in [0.05, 0.1) is 4.92 Å². The lowest BCUT2D eigenvalue weighted by Gasteiger charge is -2.07. The van der Waals surface area contributed by atoms with E-state index >= 15 is 0 Å². The van der Waals surface area contributed by atoms with Crippen LogP contribution in [-0.2, 0) is 0 Å². The number of benzene rings is 3. The molecule has 0 unspecified atom stereocenters. The summed E-state index contributed by atoms with van der Waals surface area (Å²) in [4.78, 5) is 23.1. The zero-order valence-corrected chi connectivity index (χ0v) is 15.1. The lowest BCUT2D eigenvalue weighted by Crippen LogP contribution is -2.11. The maximum Gasteiger partial charge on any atom is 0.291 e. The molecule has 1 aromatic heterocycles. The molecule has 1 N–H and O–H groups in total. The Hall–Kier alpha value is -3.64. The summed E-state index contributed by atoms with van der Waals surface area (Å²) in [6.45, 7) is 0. The number of hydrogen-bond donors (Lipinski definition) is 1. The summed E-state index contributed by atoms with van der Waals surface area (Å²) < 4.78 is 5.61. The number of nitro benzene ring substituents is 1. The van der Waals surface area contributed by atoms with E-state index in [2.05, 4.69) is 5.32 Å². The third-order valence-corrected chi connectivity index (χ3v) is 4.61. The van der Waals surface area contributed by atoms with Crippen LogP contribution in [0.3, 0.4) is 0 Å². The topological polar surface area (TPSA) is 85.4 Å². The van der Waals surface area contributed by atoms with Crippen LogP contribution >= 0.6 is 11.6 Å². The van der Waals surface area contributed by atoms with Gasteiger partial charge in [0.25, 0.3) is 11.6 Å². The molecule has 0 fully saturated rings. The van der Waals surface area contributed by atoms with E-state index in [1.54, 1.807) is 12.1 Å². The van der Waals surface area contributed by atoms with Gasteiger partial charge in [-0.05, 0) is 35.7 Å². The first-order chi connectivity index (χ1) is 13.5. The average molecular weight is 393 g/mol. The SMILES string of the molecule is O=C(Nc1cccc2ccccc12)c1ccc(-c2ccc(Cl)c([N+](=O)[O-])c2)o1. The summed E-state index contributed by atoms with van der Waals surface area (Å²) in [6, 6.07) is 20.8. The maximum absolute atomic E-state index is 12.6. The molecule has 0 saturated heterocycles. The zero-order chi connectivity index (χ0) is 19.7. The van der Waals surface area contributed by atoms with Gasteiger partial charge in [-0.25, -0.2) is 0 Å². The molecule has 0 aliphatic heterocycles. The van der Waals surface area contributed by atoms with Gasteiger partial charge in [0, 0.05) is 22.7 Å². The predicted octanol–water partition coefficient (Wildman–Crippen LogP) is 5.91. The Morgan fingerprint density at radius 2 is 1.79 bits per heavy atom. The van der Waals surface area contributed by atoms with Crippen molar-refractivity contribution in [3.05, 3.63) is 93.7 Å². The summed E-state index contributed by atoms with van der Waals surface area (Å²) >= 11 is 5.84. The van der Waals surface area contributed by atoms with E-state index in [-0.39, 0.29) is 16.5 Å². The van der Waals surface area contributed by atoms with E-state index in [4.69, 9.17) is 16.0 Å². The van der Waals surface area contributed by atoms with Crippen molar-refractivity contribution in [2.24, 2.45) is 0 Å². The van der Waals surface area contributed by atoms with Gasteiger partial charge >= 0.3 is 0 Å². The standard InChI is InChI=1S/C21H13ClN2O4/c22-16-9-8-14(12-18(16)24(26)27)19-10-11-20(28-19)21(25)23-17-7-3-5-13-4-1-2-6-15(13)17/h1-12H,(H,23,25). The highest BCUT2D eigenvalue weighted by Crippen LogP contribution is 2.31. The zero-order valence-electron chi connectivity index (χ0n) is 14.4. The molecule has 4 rings (SSSR count). The van der Waals surface area contributed by atoms with Crippen LogP contribution < -0.4 is 5.32 Å². The van der Waals surface area contributed by atoms with Gasteiger partial charge in [-0.15, -0.1) is 0 Å². The van der Waals surface area contributed by atoms with Crippen molar-refractivity contribution in [1.29, 1.82) is 0 Å². The van der Waals surface area contributed by atoms with Crippen LogP contribution in [-0.4, -0.2) is 10.8 Å². The van der Waals surface area contributed by atoms with E-state index in [1.165, 1.54) is 18.2 Å². The molecular formula is C21H13ClN2O4. The van der Waals surface area contributed by atoms with Crippen LogP contribution in [0.25, 0.3) is 22.1 Å². The molecule has 1 heterocycles. The van der Waals surface area contributed by atoms with Crippen LogP contribution in [0.15, 0.2) is 77.2 Å². The third-order valence-electron chi connectivity index (χ3n) is 4.29. The van der Waals surface area contributed by atoms with Crippen molar-refractivity contribution in [2.75, 3.05) is 5.32 Å². The van der Waals surface area contributed by atoms with Crippen LogP contribution in [0, 0.1) is 10.1 Å². The highest BCUT2D eigenvalue weighted by Gasteiger charge is 2.17. The highest BCUT2D eigenvalue weighted by atomic mass is 35.5. The minimum absolute atomic E-state index is 0.0363. The van der Waals surface area contributed by atoms with Crippen molar-refractivity contribution >= 4 is 39.7 Å². The number of nitrogens with zero attached hydrogens (tertiary/aromatic N) is 1. The number of fused-ring (bicyclic) bond motifs is 1. The fourth-order valence-electron chi connectivity index (χ4n) is 2.94. The lowest BCUT2D eigenvalue weighted by molar-refractivity contribution is -0.384. The molecule has 0 atom stereocenters. The maximum atomic E-state index is 12.6. The molecule has 0 aliphatic carbocycles. The Balaban J connectivity index is 1.61. The van der Waals surface area contributed by atoms with Crippen molar-refractivity contribution in [1.82, 2.24) is 0 Å². The Kier molecular flexibility index (Phi) is 4.55. The number of nitro groups is 1. The summed E-state index contributed by atoms with van der Waals surface area (Å²) in [6.07, 6.45) is 0. The first-order valence-electron chi connectivity index (χ1n) is 8.36. The highest BCUT2D eigenvalue weighted by molar-refractivity contribution is 6.32. The molecule has 0 bridgehead atoms. The van der Waals surface area contributed by atoms with Gasteiger partial charge in [-0.2, -0.15) is 0 Å². The smallest absolute Gasteiger partial charge is 0.291 e. The van der Waals surface area contributed by atoms with Crippen LogP contribution in [0.5, 0.6) is 0 Å². The predicted molar refractivity (Wildman–Crippen MR) is 108 cm³/mol. The summed E-state index contributed by atoms with van der Waals surface area (Å²) in [5.74, 6) is 0.0226. The lowest BCUT2D eigenvalue weighted by atomic mass is 10.1. The number of nitrogens with one attached hydrogen (secondary N) is 1. The van der Waals surface area contributed by atoms with E-state index in [9.17, 15) is 14.9 Å². The normalized spacial score (nSPS) is 10.8. The van der Waals surface area contributed by atoms with Crippen molar-refractivity contribution in [3.63, 3.8) is 0 Å². The third kappa shape index (κ3) is 3.33. The number of halogens is 1. The molecule has 0 spiro atoms. The van der Waals surface area contributed by atoms with Gasteiger partial charge in [-0.3, -0.25) is 14.9 Å². The molecule has 0 saturated carbocycles. The molecule has 1 amide bonds. The molecule has 138 valence electrons. The Morgan fingerprint density at radius 1 is 1.00 bits per heavy atom. The number of rotatable bonds is 4. The summed E-state index contributed by atoms with van der Waals surface area (Å²) in [7, 11) is 0. The first-order valence-corrected chi connectivity index (χ1v) is 8.74. The van der Waals surface area contributed by atoms with Gasteiger partial charge in [0.1, 0.15) is 10.8 Å². The Labute approximate surface area is 164 Å². The quantitative estimate of drug-likeness (QED) is 0.345. The molecule has 28 heavy (non-hydrogen) atoms. The molecule has 6 nitrogen and oxygen atoms in total. The summed E-state index contributed by atoms with van der Waals surface area (Å²) in [5, 5.41) is 15.9. The van der Waals surface area contributed by atoms with Gasteiger partial charge < -0.3 is 9.73 Å². The monoisotopic (exact) mass is 392 g/mol. The molecular weight excluding hydrogens is 380 g/mol. The number of anilines is 1. The van der Waals surface area contributed by atoms with E-state index in [0.29, 0.717) is 17.0 Å². The number of hydrogen-bond acceptors (Lipinski definition) is 4. The minimum atomic E-state index is -0.567. The van der Waals surface area contributed by atoms with Crippen molar-refractivity contribution < 1.29 is 14.1 Å². The van der Waals surface area contributed by atoms with E-state index in [1.807, 2.05) is 42.5 Å². The number of amides is 1. The van der Waals surface area contributed by atoms with Crippen LogP contribution in [0.4, 0.5) is 11.4 Å². The van der Waals surface area contributed by atoms with Crippen molar-refractivity contribution in [2.45, 2.75) is 0 Å². The van der Waals surface area contributed by atoms with Crippen LogP contribution in [0.1, 0.15) is 10.6 Å². The van der Waals surface area contributed by atoms with Gasteiger partial charge in [0.15, 0.2) is 5.76 Å². The van der Waals surface area contributed by atoms with Gasteiger partial charge in [0.2, 0.25) is 0 Å². The fourth-order valence-corrected chi connectivity index (χ4v) is 3.13. The molecule has 3 aromatic carbocycles. The molecule has 7 heteroatoms. The van der Waals surface area contributed by atoms with E-state index in [0.717, 1.165) is 10.8 Å². The molecule has 0 radical (unpaired) electrons. The first kappa shape index (κ1) is 17.8. The van der Waals surface area contributed by atoms with Crippen LogP contribution in [0.2, 0.25) is 5.02 Å². The second-order valence-electron chi connectivity index (χ2n) is 6.07. The summed E-state index contributed by atoms with van der Waals surface area (Å²) in [5.41, 5.74) is 0.904. The second-order valence-corrected chi connectivity index (χ2v) is 6.48. The largest absolute Gasteiger partial charge is 0.451 e. The average Bonchev–Trinajstić information content (AvgIpc) is 3.19. The minimum Gasteiger partial charge on any atom is -0.451 e. The second kappa shape index (κ2) is 7.17.